The summed E-state index contributed by atoms with van der Waals surface area (Å²) in [6, 6.07) is 5.48. The van der Waals surface area contributed by atoms with Crippen LogP contribution >= 0.6 is 0 Å². The lowest BCUT2D eigenvalue weighted by Crippen LogP contribution is -2.30. The third kappa shape index (κ3) is 1.98. The van der Waals surface area contributed by atoms with Crippen LogP contribution in [-0.4, -0.2) is 26.7 Å². The molecule has 0 fully saturated rings. The molecule has 0 aliphatic rings. The number of pyridine rings is 1. The van der Waals surface area contributed by atoms with Crippen molar-refractivity contribution in [2.45, 2.75) is 6.04 Å². The van der Waals surface area contributed by atoms with Crippen LogP contribution in [0.5, 0.6) is 5.88 Å². The number of aromatic nitrogens is 4. The van der Waals surface area contributed by atoms with Crippen molar-refractivity contribution in [1.82, 2.24) is 25.0 Å². The van der Waals surface area contributed by atoms with Crippen LogP contribution in [0.2, 0.25) is 0 Å². The minimum absolute atomic E-state index is 0.349. The fourth-order valence-electron chi connectivity index (χ4n) is 2.18. The standard InChI is InChI=1S/C13H14N6O/c1-20-13-12(15-5-6-16-13)11(18-14)9-8-17-19-7-3-2-4-10(9)19/h2-8,11,18H,14H2,1H3. The van der Waals surface area contributed by atoms with Gasteiger partial charge in [-0.15, -0.1) is 0 Å². The minimum Gasteiger partial charge on any atom is -0.480 e. The van der Waals surface area contributed by atoms with E-state index in [2.05, 4.69) is 20.5 Å². The molecule has 0 aliphatic heterocycles. The third-order valence-corrected chi connectivity index (χ3v) is 3.09. The zero-order valence-corrected chi connectivity index (χ0v) is 10.9. The van der Waals surface area contributed by atoms with E-state index in [1.807, 2.05) is 24.4 Å². The van der Waals surface area contributed by atoms with Crippen LogP contribution in [0.1, 0.15) is 17.3 Å². The van der Waals surface area contributed by atoms with Gasteiger partial charge in [0, 0.05) is 24.2 Å². The second-order valence-corrected chi connectivity index (χ2v) is 4.18. The Morgan fingerprint density at radius 3 is 2.95 bits per heavy atom. The summed E-state index contributed by atoms with van der Waals surface area (Å²) in [7, 11) is 1.55. The average Bonchev–Trinajstić information content (AvgIpc) is 2.93. The first-order valence-corrected chi connectivity index (χ1v) is 6.08. The Kier molecular flexibility index (Phi) is 3.28. The van der Waals surface area contributed by atoms with Crippen molar-refractivity contribution in [3.8, 4) is 5.88 Å². The molecule has 0 radical (unpaired) electrons. The van der Waals surface area contributed by atoms with E-state index in [4.69, 9.17) is 10.6 Å². The molecule has 1 atom stereocenters. The second-order valence-electron chi connectivity index (χ2n) is 4.18. The predicted octanol–water partition coefficient (Wildman–Crippen LogP) is 0.686. The van der Waals surface area contributed by atoms with Gasteiger partial charge in [0.2, 0.25) is 5.88 Å². The molecule has 3 rings (SSSR count). The number of methoxy groups -OCH3 is 1. The molecule has 102 valence electrons. The SMILES string of the molecule is COc1nccnc1C(NN)c1cnn2ccccc12. The van der Waals surface area contributed by atoms with E-state index in [0.717, 1.165) is 11.1 Å². The van der Waals surface area contributed by atoms with E-state index in [1.165, 1.54) is 0 Å². The zero-order chi connectivity index (χ0) is 13.9. The Bertz CT molecular complexity index is 725. The van der Waals surface area contributed by atoms with Crippen LogP contribution in [0, 0.1) is 0 Å². The van der Waals surface area contributed by atoms with Gasteiger partial charge >= 0.3 is 0 Å². The van der Waals surface area contributed by atoms with Crippen molar-refractivity contribution in [3.63, 3.8) is 0 Å². The average molecular weight is 270 g/mol. The molecule has 20 heavy (non-hydrogen) atoms. The summed E-state index contributed by atoms with van der Waals surface area (Å²) >= 11 is 0. The van der Waals surface area contributed by atoms with Gasteiger partial charge < -0.3 is 4.74 Å². The number of nitrogens with one attached hydrogen (secondary N) is 1. The van der Waals surface area contributed by atoms with Gasteiger partial charge in [0.05, 0.1) is 24.9 Å². The molecule has 0 amide bonds. The topological polar surface area (TPSA) is 90.4 Å². The molecule has 1 unspecified atom stereocenters. The maximum absolute atomic E-state index is 5.70. The van der Waals surface area contributed by atoms with Gasteiger partial charge in [-0.05, 0) is 12.1 Å². The lowest BCUT2D eigenvalue weighted by Gasteiger charge is -2.16. The molecule has 3 aromatic heterocycles. The highest BCUT2D eigenvalue weighted by Crippen LogP contribution is 2.28. The molecule has 7 heteroatoms. The lowest BCUT2D eigenvalue weighted by atomic mass is 10.1. The number of nitrogens with zero attached hydrogens (tertiary/aromatic N) is 4. The van der Waals surface area contributed by atoms with E-state index in [9.17, 15) is 0 Å². The number of hydrogen-bond acceptors (Lipinski definition) is 6. The van der Waals surface area contributed by atoms with Gasteiger partial charge in [-0.3, -0.25) is 10.8 Å². The molecule has 3 heterocycles. The number of nitrogens with two attached hydrogens (primary N) is 1. The summed E-state index contributed by atoms with van der Waals surface area (Å²) in [4.78, 5) is 8.46. The van der Waals surface area contributed by atoms with Crippen LogP contribution < -0.4 is 16.0 Å². The number of rotatable bonds is 4. The van der Waals surface area contributed by atoms with Crippen LogP contribution in [0.3, 0.4) is 0 Å². The van der Waals surface area contributed by atoms with Crippen LogP contribution in [-0.2, 0) is 0 Å². The Balaban J connectivity index is 2.14. The highest BCUT2D eigenvalue weighted by atomic mass is 16.5. The number of ether oxygens (including phenoxy) is 1. The van der Waals surface area contributed by atoms with Gasteiger partial charge in [0.1, 0.15) is 5.69 Å². The molecular formula is C13H14N6O. The van der Waals surface area contributed by atoms with E-state index >= 15 is 0 Å². The van der Waals surface area contributed by atoms with Crippen molar-refractivity contribution < 1.29 is 4.74 Å². The molecule has 7 nitrogen and oxygen atoms in total. The number of fused-ring (bicyclic) bond motifs is 1. The van der Waals surface area contributed by atoms with Gasteiger partial charge in [-0.2, -0.15) is 5.10 Å². The number of hydrazine groups is 1. The summed E-state index contributed by atoms with van der Waals surface area (Å²) in [6.45, 7) is 0. The van der Waals surface area contributed by atoms with E-state index in [1.54, 1.807) is 30.2 Å². The van der Waals surface area contributed by atoms with E-state index in [0.29, 0.717) is 11.6 Å². The summed E-state index contributed by atoms with van der Waals surface area (Å²) in [5, 5.41) is 4.30. The fraction of sp³-hybridized carbons (Fsp3) is 0.154. The maximum Gasteiger partial charge on any atom is 0.237 e. The quantitative estimate of drug-likeness (QED) is 0.535. The normalized spacial score (nSPS) is 12.5. The van der Waals surface area contributed by atoms with Crippen molar-refractivity contribution in [2.75, 3.05) is 7.11 Å². The Labute approximate surface area is 115 Å². The first kappa shape index (κ1) is 12.5. The van der Waals surface area contributed by atoms with Crippen molar-refractivity contribution in [2.24, 2.45) is 5.84 Å². The van der Waals surface area contributed by atoms with Crippen LogP contribution in [0.4, 0.5) is 0 Å². The fourth-order valence-corrected chi connectivity index (χ4v) is 2.18. The molecule has 0 saturated carbocycles. The molecule has 0 saturated heterocycles. The largest absolute Gasteiger partial charge is 0.480 e. The van der Waals surface area contributed by atoms with Gasteiger partial charge in [0.15, 0.2) is 0 Å². The zero-order valence-electron chi connectivity index (χ0n) is 10.9. The third-order valence-electron chi connectivity index (χ3n) is 3.09. The van der Waals surface area contributed by atoms with Gasteiger partial charge in [-0.1, -0.05) is 6.07 Å². The maximum atomic E-state index is 5.70. The Hall–Kier alpha value is -2.51. The monoisotopic (exact) mass is 270 g/mol. The highest BCUT2D eigenvalue weighted by molar-refractivity contribution is 5.57. The van der Waals surface area contributed by atoms with Crippen LogP contribution in [0.15, 0.2) is 43.0 Å². The van der Waals surface area contributed by atoms with Crippen LogP contribution in [0.25, 0.3) is 5.52 Å². The number of hydrogen-bond donors (Lipinski definition) is 2. The molecule has 0 aromatic carbocycles. The minimum atomic E-state index is -0.349. The molecule has 3 aromatic rings. The molecule has 0 bridgehead atoms. The van der Waals surface area contributed by atoms with Gasteiger partial charge in [0.25, 0.3) is 0 Å². The van der Waals surface area contributed by atoms with Crippen molar-refractivity contribution in [1.29, 1.82) is 0 Å². The molecular weight excluding hydrogens is 256 g/mol. The first-order chi connectivity index (χ1) is 9.85. The van der Waals surface area contributed by atoms with Crippen molar-refractivity contribution >= 4 is 5.52 Å². The Morgan fingerprint density at radius 1 is 1.30 bits per heavy atom. The van der Waals surface area contributed by atoms with E-state index < -0.39 is 0 Å². The summed E-state index contributed by atoms with van der Waals surface area (Å²) < 4.78 is 7.02. The highest BCUT2D eigenvalue weighted by Gasteiger charge is 2.22. The molecule has 0 aliphatic carbocycles. The molecule has 0 spiro atoms. The summed E-state index contributed by atoms with van der Waals surface area (Å²) in [6.07, 6.45) is 6.81. The Morgan fingerprint density at radius 2 is 2.15 bits per heavy atom. The summed E-state index contributed by atoms with van der Waals surface area (Å²) in [5.41, 5.74) is 5.23. The molecule has 3 N–H and O–H groups in total. The van der Waals surface area contributed by atoms with Crippen molar-refractivity contribution in [3.05, 3.63) is 54.2 Å². The van der Waals surface area contributed by atoms with Gasteiger partial charge in [-0.25, -0.2) is 14.9 Å². The first-order valence-electron chi connectivity index (χ1n) is 6.08. The summed E-state index contributed by atoms with van der Waals surface area (Å²) in [5.74, 6) is 6.14. The van der Waals surface area contributed by atoms with E-state index in [-0.39, 0.29) is 6.04 Å². The lowest BCUT2D eigenvalue weighted by molar-refractivity contribution is 0.383. The second kappa shape index (κ2) is 5.24. The smallest absolute Gasteiger partial charge is 0.237 e. The predicted molar refractivity (Wildman–Crippen MR) is 72.9 cm³/mol.